The summed E-state index contributed by atoms with van der Waals surface area (Å²) in [7, 11) is 0. The third-order valence-corrected chi connectivity index (χ3v) is 8.08. The van der Waals surface area contributed by atoms with Crippen molar-refractivity contribution in [1.29, 1.82) is 0 Å². The summed E-state index contributed by atoms with van der Waals surface area (Å²) in [5.74, 6) is -0.191. The molecule has 184 valence electrons. The van der Waals surface area contributed by atoms with Gasteiger partial charge in [0.1, 0.15) is 16.5 Å². The number of aldehydes is 1. The van der Waals surface area contributed by atoms with Crippen LogP contribution in [-0.2, 0) is 9.59 Å². The molecule has 0 aliphatic carbocycles. The van der Waals surface area contributed by atoms with Gasteiger partial charge in [0.25, 0.3) is 0 Å². The number of carbonyl (C=O) groups excluding carboxylic acids is 2. The predicted molar refractivity (Wildman–Crippen MR) is 137 cm³/mol. The Labute approximate surface area is 215 Å². The minimum Gasteiger partial charge on any atom is -0.353 e. The summed E-state index contributed by atoms with van der Waals surface area (Å²) in [5, 5.41) is 7.28. The number of hydrogen-bond donors (Lipinski definition) is 2. The van der Waals surface area contributed by atoms with Crippen molar-refractivity contribution in [2.24, 2.45) is 0 Å². The highest BCUT2D eigenvalue weighted by molar-refractivity contribution is 9.10. The highest BCUT2D eigenvalue weighted by Crippen LogP contribution is 2.35. The molecule has 11 heteroatoms. The molecule has 2 unspecified atom stereocenters. The zero-order valence-electron chi connectivity index (χ0n) is 19.6. The van der Waals surface area contributed by atoms with E-state index in [1.54, 1.807) is 24.5 Å². The molecule has 0 radical (unpaired) electrons. The largest absolute Gasteiger partial charge is 0.353 e. The van der Waals surface area contributed by atoms with Gasteiger partial charge in [-0.05, 0) is 47.5 Å². The van der Waals surface area contributed by atoms with E-state index in [0.717, 1.165) is 25.6 Å². The molecule has 0 bridgehead atoms. The predicted octanol–water partition coefficient (Wildman–Crippen LogP) is 3.84. The van der Waals surface area contributed by atoms with Gasteiger partial charge in [0.15, 0.2) is 6.29 Å². The lowest BCUT2D eigenvalue weighted by Crippen LogP contribution is -2.51. The lowest BCUT2D eigenvalue weighted by molar-refractivity contribution is -0.132. The topological polar surface area (TPSA) is 100 Å². The second kappa shape index (κ2) is 10.6. The van der Waals surface area contributed by atoms with Crippen LogP contribution in [0, 0.1) is 5.82 Å². The Hall–Kier alpha value is -2.60. The van der Waals surface area contributed by atoms with E-state index in [1.807, 2.05) is 20.8 Å². The highest BCUT2D eigenvalue weighted by Gasteiger charge is 2.44. The molecule has 8 nitrogen and oxygen atoms in total. The summed E-state index contributed by atoms with van der Waals surface area (Å²) in [6.07, 6.45) is 3.87. The number of thiazole rings is 1. The summed E-state index contributed by atoms with van der Waals surface area (Å²) >= 11 is 5.07. The van der Waals surface area contributed by atoms with E-state index >= 15 is 0 Å². The van der Waals surface area contributed by atoms with Crippen LogP contribution in [0.15, 0.2) is 41.1 Å². The van der Waals surface area contributed by atoms with Crippen molar-refractivity contribution in [2.75, 3.05) is 25.1 Å². The Kier molecular flexibility index (Phi) is 7.70. The quantitative estimate of drug-likeness (QED) is 0.300. The smallest absolute Gasteiger partial charge is 0.223 e. The second-order valence-corrected chi connectivity index (χ2v) is 10.8. The third-order valence-electron chi connectivity index (χ3n) is 6.31. The van der Waals surface area contributed by atoms with Crippen molar-refractivity contribution in [3.05, 3.63) is 57.5 Å². The number of hydrogen-bond acceptors (Lipinski definition) is 9. The summed E-state index contributed by atoms with van der Waals surface area (Å²) in [6.45, 7) is 7.64. The van der Waals surface area contributed by atoms with Crippen LogP contribution >= 0.6 is 27.3 Å². The van der Waals surface area contributed by atoms with E-state index in [0.29, 0.717) is 32.0 Å². The maximum Gasteiger partial charge on any atom is 0.223 e. The van der Waals surface area contributed by atoms with Crippen LogP contribution in [0.4, 0.5) is 10.3 Å². The van der Waals surface area contributed by atoms with Crippen LogP contribution in [0.25, 0.3) is 10.6 Å². The fourth-order valence-electron chi connectivity index (χ4n) is 4.14. The molecule has 1 aliphatic rings. The number of nitrogens with zero attached hydrogens (tertiary/aromatic N) is 4. The van der Waals surface area contributed by atoms with Crippen molar-refractivity contribution in [3.63, 3.8) is 0 Å². The number of carbonyl (C=O) groups is 2. The van der Waals surface area contributed by atoms with Gasteiger partial charge < -0.3 is 5.32 Å². The van der Waals surface area contributed by atoms with Gasteiger partial charge in [0, 0.05) is 43.6 Å². The maximum absolute atomic E-state index is 13.3. The SMILES string of the molecule is CC(c1ccc(F)cc1)c1ncc(-c2nc(NCCN3CNC(C(=O)C=O)C3(C)C)ncc2Br)s1. The normalized spacial score (nSPS) is 18.4. The lowest BCUT2D eigenvalue weighted by atomic mass is 9.92. The zero-order chi connectivity index (χ0) is 25.2. The zero-order valence-corrected chi connectivity index (χ0v) is 22.0. The van der Waals surface area contributed by atoms with Crippen LogP contribution in [0.2, 0.25) is 0 Å². The minimum atomic E-state index is -0.520. The Morgan fingerprint density at radius 3 is 2.80 bits per heavy atom. The molecule has 1 aromatic carbocycles. The van der Waals surface area contributed by atoms with Gasteiger partial charge in [-0.2, -0.15) is 0 Å². The van der Waals surface area contributed by atoms with Gasteiger partial charge in [-0.25, -0.2) is 19.3 Å². The Morgan fingerprint density at radius 1 is 1.34 bits per heavy atom. The average Bonchev–Trinajstić information content (AvgIpc) is 3.44. The number of Topliss-reactive ketones (excluding diaryl/α,β-unsaturated/α-hetero) is 1. The van der Waals surface area contributed by atoms with E-state index in [2.05, 4.69) is 46.4 Å². The van der Waals surface area contributed by atoms with Crippen LogP contribution in [0.3, 0.4) is 0 Å². The summed E-state index contributed by atoms with van der Waals surface area (Å²) in [6, 6.07) is 5.95. The van der Waals surface area contributed by atoms with Crippen molar-refractivity contribution >= 4 is 45.3 Å². The number of anilines is 1. The molecule has 1 aliphatic heterocycles. The van der Waals surface area contributed by atoms with Crippen molar-refractivity contribution in [1.82, 2.24) is 25.2 Å². The summed E-state index contributed by atoms with van der Waals surface area (Å²) < 4.78 is 14.0. The number of benzene rings is 1. The van der Waals surface area contributed by atoms with E-state index < -0.39 is 17.4 Å². The molecule has 0 spiro atoms. The first-order valence-corrected chi connectivity index (χ1v) is 12.8. The Bertz CT molecular complexity index is 1220. The van der Waals surface area contributed by atoms with Crippen LogP contribution in [0.5, 0.6) is 0 Å². The molecule has 1 fully saturated rings. The van der Waals surface area contributed by atoms with Gasteiger partial charge in [0.05, 0.1) is 15.4 Å². The number of ketones is 1. The first-order chi connectivity index (χ1) is 16.7. The van der Waals surface area contributed by atoms with E-state index in [9.17, 15) is 14.0 Å². The first-order valence-electron chi connectivity index (χ1n) is 11.2. The van der Waals surface area contributed by atoms with E-state index in [-0.39, 0.29) is 11.7 Å². The molecule has 35 heavy (non-hydrogen) atoms. The molecule has 3 heterocycles. The van der Waals surface area contributed by atoms with Crippen LogP contribution in [-0.4, -0.2) is 63.3 Å². The molecule has 2 aromatic heterocycles. The lowest BCUT2D eigenvalue weighted by Gasteiger charge is -2.33. The number of halogens is 2. The number of nitrogens with one attached hydrogen (secondary N) is 2. The number of rotatable bonds is 9. The number of aromatic nitrogens is 3. The van der Waals surface area contributed by atoms with E-state index in [4.69, 9.17) is 0 Å². The van der Waals surface area contributed by atoms with Crippen LogP contribution in [0.1, 0.15) is 37.3 Å². The minimum absolute atomic E-state index is 0.0277. The molecular weight excluding hydrogens is 535 g/mol. The van der Waals surface area contributed by atoms with Crippen molar-refractivity contribution < 1.29 is 14.0 Å². The molecule has 2 atom stereocenters. The van der Waals surface area contributed by atoms with Crippen molar-refractivity contribution in [2.45, 2.75) is 38.3 Å². The molecule has 4 rings (SSSR count). The fourth-order valence-corrected chi connectivity index (χ4v) is 5.68. The van der Waals surface area contributed by atoms with Crippen LogP contribution < -0.4 is 10.6 Å². The van der Waals surface area contributed by atoms with Gasteiger partial charge in [-0.3, -0.25) is 19.8 Å². The van der Waals surface area contributed by atoms with Gasteiger partial charge in [0.2, 0.25) is 11.7 Å². The molecule has 0 saturated carbocycles. The van der Waals surface area contributed by atoms with Gasteiger partial charge >= 0.3 is 0 Å². The maximum atomic E-state index is 13.3. The molecule has 2 N–H and O–H groups in total. The Morgan fingerprint density at radius 2 is 2.09 bits per heavy atom. The standard InChI is InChI=1S/C24H26BrFN6O2S/c1-14(15-4-6-16(26)7-5-15)22-28-11-19(35-22)20-17(25)10-29-23(31-20)27-8-9-32-13-30-21(18(34)12-33)24(32,2)3/h4-7,10-12,14,21,30H,8-9,13H2,1-3H3,(H,27,29,31). The second-order valence-electron chi connectivity index (χ2n) is 8.89. The first kappa shape index (κ1) is 25.5. The third kappa shape index (κ3) is 5.48. The van der Waals surface area contributed by atoms with Gasteiger partial charge in [-0.1, -0.05) is 19.1 Å². The Balaban J connectivity index is 1.42. The van der Waals surface area contributed by atoms with Gasteiger partial charge in [-0.15, -0.1) is 11.3 Å². The molecule has 1 saturated heterocycles. The summed E-state index contributed by atoms with van der Waals surface area (Å²) in [4.78, 5) is 39.4. The monoisotopic (exact) mass is 560 g/mol. The highest BCUT2D eigenvalue weighted by atomic mass is 79.9. The molecule has 3 aromatic rings. The van der Waals surface area contributed by atoms with E-state index in [1.165, 1.54) is 23.5 Å². The molecular formula is C24H26BrFN6O2S. The molecule has 0 amide bonds. The fraction of sp³-hybridized carbons (Fsp3) is 0.375. The average molecular weight is 561 g/mol. The van der Waals surface area contributed by atoms with Crippen molar-refractivity contribution in [3.8, 4) is 10.6 Å². The summed E-state index contributed by atoms with van der Waals surface area (Å²) in [5.41, 5.74) is 1.25.